The molecule has 16 heterocycles. The lowest BCUT2D eigenvalue weighted by molar-refractivity contribution is -0.172. The summed E-state index contributed by atoms with van der Waals surface area (Å²) in [7, 11) is 5.47. The number of fused-ring (bicyclic) bond motifs is 21. The SMILES string of the molecule is CC[C@@]1(O)C(=O)OCc2c1cc1n(c2=O)Cc2cc3c(CN(C)C)c(O)ccc3nc2-1.CC[C@@]1(O)C(=O)OCc2c1cc1n(c2=O)Cc2cc3ccccc3nc2-1.CCc1c2c(nc3ccc(OC(=O)N4CCC(N5CCCCC5)CC4)cc13)-c1cc3c(c(=O)n1C2)COC(=O)[C@]3(O)CC.Cn1c2c(c3cc(CO)c(CO)cc3c1=O)C(=O)c1cc3c(cc1-2)OCO3. The van der Waals surface area contributed by atoms with Crippen LogP contribution in [0.2, 0.25) is 0 Å². The summed E-state index contributed by atoms with van der Waals surface area (Å²) in [5.41, 5.74) is 8.90. The molecule has 9 aliphatic heterocycles. The van der Waals surface area contributed by atoms with E-state index < -0.39 is 34.7 Å². The van der Waals surface area contributed by atoms with Gasteiger partial charge in [0, 0.05) is 110 Å². The zero-order valence-electron chi connectivity index (χ0n) is 71.0. The van der Waals surface area contributed by atoms with Crippen LogP contribution in [0.15, 0.2) is 128 Å². The van der Waals surface area contributed by atoms with Gasteiger partial charge in [0.2, 0.25) is 6.79 Å². The molecular formula is C96H92N10O21. The Bertz CT molecular complexity index is 7060. The van der Waals surface area contributed by atoms with Crippen molar-refractivity contribution in [2.24, 2.45) is 7.05 Å². The molecule has 2 saturated heterocycles. The molecule has 10 aliphatic rings. The van der Waals surface area contributed by atoms with E-state index in [1.165, 1.54) is 36.9 Å². The summed E-state index contributed by atoms with van der Waals surface area (Å²) in [4.78, 5) is 137. The molecule has 22 rings (SSSR count). The Balaban J connectivity index is 0.000000113. The van der Waals surface area contributed by atoms with E-state index in [0.717, 1.165) is 73.5 Å². The number of aryl methyl sites for hydroxylation is 1. The number of phenolic OH excluding ortho intramolecular Hbond substituents is 1. The third-order valence-corrected chi connectivity index (χ3v) is 26.9. The molecule has 652 valence electrons. The molecule has 12 aromatic rings. The number of hydrogen-bond donors (Lipinski definition) is 6. The molecule has 0 bridgehead atoms. The van der Waals surface area contributed by atoms with E-state index in [0.29, 0.717) is 181 Å². The number of ether oxygens (including phenoxy) is 6. The number of rotatable bonds is 10. The van der Waals surface area contributed by atoms with Crippen LogP contribution in [-0.2, 0) is 118 Å². The number of hydrogen-bond acceptors (Lipinski definition) is 26. The number of para-hydroxylation sites is 1. The van der Waals surface area contributed by atoms with Crippen LogP contribution in [0.5, 0.6) is 23.0 Å². The number of pyridine rings is 7. The Morgan fingerprint density at radius 3 is 1.57 bits per heavy atom. The first-order chi connectivity index (χ1) is 61.1. The fourth-order valence-electron chi connectivity index (χ4n) is 19.9. The van der Waals surface area contributed by atoms with Crippen LogP contribution < -0.4 is 36.4 Å². The first-order valence-corrected chi connectivity index (χ1v) is 42.9. The van der Waals surface area contributed by atoms with Crippen molar-refractivity contribution in [1.82, 2.24) is 47.9 Å². The third kappa shape index (κ3) is 13.4. The fraction of sp³-hybridized carbons (Fsp3) is 0.354. The molecule has 6 N–H and O–H groups in total. The summed E-state index contributed by atoms with van der Waals surface area (Å²) in [6, 6.07) is 32.9. The van der Waals surface area contributed by atoms with Crippen molar-refractivity contribution in [1.29, 1.82) is 0 Å². The second-order valence-electron chi connectivity index (χ2n) is 34.1. The summed E-state index contributed by atoms with van der Waals surface area (Å²) in [5, 5.41) is 66.0. The van der Waals surface area contributed by atoms with Gasteiger partial charge >= 0.3 is 24.0 Å². The smallest absolute Gasteiger partial charge is 0.415 e. The number of ketones is 1. The van der Waals surface area contributed by atoms with Gasteiger partial charge in [0.05, 0.1) is 112 Å². The zero-order chi connectivity index (χ0) is 88.9. The van der Waals surface area contributed by atoms with Crippen molar-refractivity contribution < 1.29 is 83.0 Å². The largest absolute Gasteiger partial charge is 0.508 e. The van der Waals surface area contributed by atoms with Crippen LogP contribution in [0.25, 0.3) is 88.9 Å². The van der Waals surface area contributed by atoms with Crippen molar-refractivity contribution in [2.45, 2.75) is 168 Å². The van der Waals surface area contributed by atoms with Gasteiger partial charge in [-0.2, -0.15) is 0 Å². The molecule has 7 aromatic heterocycles. The quantitative estimate of drug-likeness (QED) is 0.0548. The standard InChI is InChI=1S/C33H38N4O6.C23H23N3O5.C20H16N2O4.C20H15NO6/c1-3-22-23-16-21(43-32(40)36-14-10-20(11-15-36)35-12-6-5-7-13-35)8-9-27(23)34-29-24(22)18-37-28(29)17-26-25(30(37)38)19-42-31(39)33(26,41)4-2;1-4-23(30)16-8-18-20-12(9-26(18)21(28)15(16)11-31-22(23)29)7-13-14(10-25(2)3)19(27)6-5-17(13)24-20;1-2-20(25)14-8-16-17-12(7-11-5-3-4-6-15(11)21-17)9-22(16)18(23)13(14)10-26-19(20)24;1-21-18-12-4-15-16(27-8-26-15)5-13(12)19(24)17(18)11-2-9(6-22)10(7-23)3-14(11)20(21)25/h8-9,16-17,20,41H,3-7,10-15,18-19H2,1-2H3;5-8,27,30H,4,9-11H2,1-3H3;3-8,25H,2,9-10H2,1H3;2-5,22-23H,6-8H2,1H3/t33-;23-;20-;/m000./s1. The number of amides is 1. The summed E-state index contributed by atoms with van der Waals surface area (Å²) in [6.45, 7) is 11.6. The molecule has 5 aromatic carbocycles. The second-order valence-corrected chi connectivity index (χ2v) is 34.1. The minimum Gasteiger partial charge on any atom is -0.508 e. The van der Waals surface area contributed by atoms with Gasteiger partial charge in [0.1, 0.15) is 31.3 Å². The highest BCUT2D eigenvalue weighted by Gasteiger charge is 2.49. The Hall–Kier alpha value is -13.1. The number of cyclic esters (lactones) is 3. The monoisotopic (exact) mass is 1720 g/mol. The molecule has 2 fully saturated rings. The van der Waals surface area contributed by atoms with Gasteiger partial charge in [0.15, 0.2) is 34.1 Å². The highest BCUT2D eigenvalue weighted by atomic mass is 16.7. The van der Waals surface area contributed by atoms with E-state index in [-0.39, 0.29) is 99.0 Å². The van der Waals surface area contributed by atoms with Crippen molar-refractivity contribution in [3.05, 3.63) is 234 Å². The van der Waals surface area contributed by atoms with Crippen LogP contribution in [0.3, 0.4) is 0 Å². The van der Waals surface area contributed by atoms with Gasteiger partial charge < -0.3 is 92.0 Å². The summed E-state index contributed by atoms with van der Waals surface area (Å²) in [5.74, 6) is -0.675. The summed E-state index contributed by atoms with van der Waals surface area (Å²) in [6.07, 6.45) is 6.50. The van der Waals surface area contributed by atoms with Gasteiger partial charge in [-0.1, -0.05) is 52.3 Å². The van der Waals surface area contributed by atoms with Gasteiger partial charge in [-0.3, -0.25) is 24.0 Å². The van der Waals surface area contributed by atoms with Crippen LogP contribution >= 0.6 is 0 Å². The number of esters is 3. The number of carbonyl (C=O) groups is 5. The Labute approximate surface area is 724 Å². The van der Waals surface area contributed by atoms with E-state index in [1.54, 1.807) is 102 Å². The number of benzene rings is 5. The summed E-state index contributed by atoms with van der Waals surface area (Å²) < 4.78 is 38.4. The van der Waals surface area contributed by atoms with Gasteiger partial charge in [-0.15, -0.1) is 0 Å². The maximum Gasteiger partial charge on any atom is 0.415 e. The van der Waals surface area contributed by atoms with Crippen molar-refractivity contribution in [3.8, 4) is 68.4 Å². The third-order valence-electron chi connectivity index (χ3n) is 26.9. The predicted octanol–water partition coefficient (Wildman–Crippen LogP) is 9.48. The fourth-order valence-corrected chi connectivity index (χ4v) is 19.9. The first kappa shape index (κ1) is 83.4. The molecule has 3 atom stereocenters. The highest BCUT2D eigenvalue weighted by Crippen LogP contribution is 2.49. The summed E-state index contributed by atoms with van der Waals surface area (Å²) >= 11 is 0. The van der Waals surface area contributed by atoms with Crippen LogP contribution in [0.4, 0.5) is 4.79 Å². The minimum atomic E-state index is -1.86. The molecule has 0 saturated carbocycles. The molecule has 0 unspecified atom stereocenters. The Kier molecular flexibility index (Phi) is 20.9. The highest BCUT2D eigenvalue weighted by molar-refractivity contribution is 6.27. The van der Waals surface area contributed by atoms with E-state index in [4.69, 9.17) is 43.4 Å². The second kappa shape index (κ2) is 31.8. The molecule has 31 heteroatoms. The number of aromatic hydroxyl groups is 1. The van der Waals surface area contributed by atoms with Crippen molar-refractivity contribution in [2.75, 3.05) is 47.1 Å². The normalized spacial score (nSPS) is 19.4. The van der Waals surface area contributed by atoms with Crippen LogP contribution in [-0.4, -0.2) is 161 Å². The average molecular weight is 1720 g/mol. The molecular weight excluding hydrogens is 1630 g/mol. The van der Waals surface area contributed by atoms with Gasteiger partial charge in [-0.25, -0.2) is 34.1 Å². The van der Waals surface area contributed by atoms with E-state index >= 15 is 0 Å². The molecule has 0 radical (unpaired) electrons. The Morgan fingerprint density at radius 1 is 0.520 bits per heavy atom. The number of aromatic nitrogens is 7. The lowest BCUT2D eigenvalue weighted by Crippen LogP contribution is -2.48. The number of phenols is 1. The van der Waals surface area contributed by atoms with Gasteiger partial charge in [0.25, 0.3) is 22.2 Å². The number of piperidine rings is 2. The number of aliphatic hydroxyl groups is 5. The van der Waals surface area contributed by atoms with Crippen molar-refractivity contribution in [3.63, 3.8) is 0 Å². The predicted molar refractivity (Wildman–Crippen MR) is 464 cm³/mol. The van der Waals surface area contributed by atoms with E-state index in [1.807, 2.05) is 72.4 Å². The lowest BCUT2D eigenvalue weighted by atomic mass is 9.86. The molecule has 0 spiro atoms. The number of likely N-dealkylation sites (tertiary alicyclic amines) is 2. The zero-order valence-corrected chi connectivity index (χ0v) is 71.0. The van der Waals surface area contributed by atoms with Crippen molar-refractivity contribution >= 4 is 73.3 Å². The van der Waals surface area contributed by atoms with Gasteiger partial charge in [-0.05, 0) is 186 Å². The Morgan fingerprint density at radius 2 is 1.02 bits per heavy atom. The molecule has 127 heavy (non-hydrogen) atoms. The number of aliphatic hydroxyl groups excluding tert-OH is 2. The van der Waals surface area contributed by atoms with Crippen LogP contribution in [0, 0.1) is 0 Å². The average Bonchev–Trinajstić information content (AvgIpc) is 1.55. The topological polar surface area (TPSA) is 399 Å². The molecule has 31 nitrogen and oxygen atoms in total. The number of nitrogens with zero attached hydrogens (tertiary/aromatic N) is 10. The first-order valence-electron chi connectivity index (χ1n) is 42.9. The van der Waals surface area contributed by atoms with Crippen LogP contribution in [0.1, 0.15) is 167 Å². The maximum atomic E-state index is 13.6. The lowest BCUT2D eigenvalue weighted by Gasteiger charge is -2.39. The van der Waals surface area contributed by atoms with E-state index in [9.17, 15) is 73.8 Å². The number of carbonyl (C=O) groups excluding carboxylic acids is 5. The molecule has 1 amide bonds. The van der Waals surface area contributed by atoms with E-state index in [2.05, 4.69) is 11.8 Å². The maximum absolute atomic E-state index is 13.6. The minimum absolute atomic E-state index is 0.0951. The molecule has 1 aliphatic carbocycles.